The van der Waals surface area contributed by atoms with Gasteiger partial charge in [0.15, 0.2) is 25.0 Å². The molecule has 7 fully saturated rings. The second kappa shape index (κ2) is 21.8. The Morgan fingerprint density at radius 1 is 0.714 bits per heavy atom. The average Bonchev–Trinajstić information content (AvgIpc) is 3.56. The molecule has 0 unspecified atom stereocenters. The Labute approximate surface area is 448 Å². The summed E-state index contributed by atoms with van der Waals surface area (Å²) in [5.74, 6) is -3.76. The van der Waals surface area contributed by atoms with Gasteiger partial charge in [-0.1, -0.05) is 59.3 Å². The van der Waals surface area contributed by atoms with Gasteiger partial charge < -0.3 is 99.2 Å². The van der Waals surface area contributed by atoms with Gasteiger partial charge in [0.1, 0.15) is 73.2 Å². The first-order valence-corrected chi connectivity index (χ1v) is 27.1. The fraction of sp³-hybridized carbons (Fsp3) is 0.870. The molecule has 8 rings (SSSR count). The van der Waals surface area contributed by atoms with E-state index in [9.17, 15) is 75.7 Å². The molecule has 3 heterocycles. The maximum absolute atomic E-state index is 13.4. The summed E-state index contributed by atoms with van der Waals surface area (Å²) >= 11 is 0. The Morgan fingerprint density at radius 3 is 1.99 bits per heavy atom. The van der Waals surface area contributed by atoms with Crippen LogP contribution in [0.15, 0.2) is 23.3 Å². The third-order valence-corrected chi connectivity index (χ3v) is 20.7. The van der Waals surface area contributed by atoms with E-state index in [0.29, 0.717) is 37.7 Å². The number of hydrogen-bond acceptors (Lipinski definition) is 22. The van der Waals surface area contributed by atoms with Gasteiger partial charge in [-0.3, -0.25) is 4.79 Å². The first kappa shape index (κ1) is 60.3. The Morgan fingerprint density at radius 2 is 1.38 bits per heavy atom. The fourth-order valence-electron chi connectivity index (χ4n) is 16.0. The molecule has 8 aliphatic rings. The molecule has 23 nitrogen and oxygen atoms in total. The SMILES string of the molecule is CC=C(C)C(=O)O[C@H]1[C@H](OC(C)=O)[C@]2(CO)[C@H](O)C[C@]3(C)C(=CC[C@@H]4[C@@]5(C)CC[C@H](O[C@@H]6O[C@H](C(=O)O)[C@@H](O[C@@H]7O[C@H](CO)[C@@H](O)[C@H](O)[C@H]7O)[C@H](O)[C@H]6O[C@@H]6OC[C@@H](O)[C@H](O)[C@H]6O)[C@](C)(CO)[C@@H]5CC[C@]43C)[C@@H]2CC1(C)C. The van der Waals surface area contributed by atoms with E-state index in [2.05, 4.69) is 26.8 Å². The summed E-state index contributed by atoms with van der Waals surface area (Å²) in [6, 6.07) is 0. The van der Waals surface area contributed by atoms with Crippen LogP contribution < -0.4 is 0 Å². The maximum Gasteiger partial charge on any atom is 0.335 e. The van der Waals surface area contributed by atoms with Crippen molar-refractivity contribution in [3.63, 3.8) is 0 Å². The molecule has 3 aliphatic heterocycles. The van der Waals surface area contributed by atoms with E-state index in [0.717, 1.165) is 5.57 Å². The molecule has 26 atom stereocenters. The van der Waals surface area contributed by atoms with Crippen molar-refractivity contribution >= 4 is 17.9 Å². The number of hydrogen-bond donors (Lipinski definition) is 12. The topological polar surface area (TPSA) is 368 Å². The van der Waals surface area contributed by atoms with Crippen LogP contribution in [0.5, 0.6) is 0 Å². The number of aliphatic hydroxyl groups excluding tert-OH is 11. The van der Waals surface area contributed by atoms with Gasteiger partial charge in [0, 0.05) is 23.3 Å². The second-order valence-electron chi connectivity index (χ2n) is 25.1. The van der Waals surface area contributed by atoms with Crippen molar-refractivity contribution in [1.82, 2.24) is 0 Å². The maximum atomic E-state index is 13.4. The average molecular weight is 1100 g/mol. The van der Waals surface area contributed by atoms with E-state index in [-0.39, 0.29) is 24.7 Å². The largest absolute Gasteiger partial charge is 0.479 e. The van der Waals surface area contributed by atoms with Crippen molar-refractivity contribution < 1.29 is 114 Å². The summed E-state index contributed by atoms with van der Waals surface area (Å²) in [5.41, 5.74) is -3.63. The molecule has 0 aromatic heterocycles. The summed E-state index contributed by atoms with van der Waals surface area (Å²) in [4.78, 5) is 39.4. The lowest BCUT2D eigenvalue weighted by Crippen LogP contribution is -2.72. The first-order chi connectivity index (χ1) is 36.0. The molecule has 23 heteroatoms. The van der Waals surface area contributed by atoms with Crippen LogP contribution in [0.2, 0.25) is 0 Å². The number of rotatable bonds is 13. The molecule has 77 heavy (non-hydrogen) atoms. The lowest BCUT2D eigenvalue weighted by atomic mass is 9.33. The van der Waals surface area contributed by atoms with Crippen molar-refractivity contribution in [2.75, 3.05) is 26.4 Å². The highest BCUT2D eigenvalue weighted by molar-refractivity contribution is 5.87. The van der Waals surface area contributed by atoms with Crippen LogP contribution in [0.1, 0.15) is 107 Å². The second-order valence-corrected chi connectivity index (χ2v) is 25.1. The van der Waals surface area contributed by atoms with Gasteiger partial charge in [-0.05, 0) is 92.8 Å². The number of carboxylic acids is 1. The number of aliphatic hydroxyl groups is 11. The molecule has 12 N–H and O–H groups in total. The number of carbonyl (C=O) groups is 3. The molecule has 438 valence electrons. The summed E-state index contributed by atoms with van der Waals surface area (Å²) in [6.45, 7) is 14.6. The quantitative estimate of drug-likeness (QED) is 0.0470. The van der Waals surface area contributed by atoms with Crippen molar-refractivity contribution in [2.45, 2.75) is 218 Å². The van der Waals surface area contributed by atoms with Gasteiger partial charge in [0.25, 0.3) is 0 Å². The van der Waals surface area contributed by atoms with Crippen molar-refractivity contribution in [3.8, 4) is 0 Å². The highest BCUT2D eigenvalue weighted by Gasteiger charge is 2.74. The minimum Gasteiger partial charge on any atom is -0.479 e. The van der Waals surface area contributed by atoms with E-state index in [1.54, 1.807) is 19.9 Å². The number of carbonyl (C=O) groups excluding carboxylic acids is 2. The van der Waals surface area contributed by atoms with Gasteiger partial charge in [-0.25, -0.2) is 9.59 Å². The van der Waals surface area contributed by atoms with E-state index in [1.807, 2.05) is 20.8 Å². The van der Waals surface area contributed by atoms with E-state index < -0.39 is 193 Å². The molecular weight excluding hydrogens is 1020 g/mol. The third kappa shape index (κ3) is 9.64. The molecule has 3 saturated heterocycles. The van der Waals surface area contributed by atoms with Crippen LogP contribution >= 0.6 is 0 Å². The Balaban J connectivity index is 1.11. The molecule has 0 radical (unpaired) electrons. The highest BCUT2D eigenvalue weighted by Crippen LogP contribution is 2.76. The van der Waals surface area contributed by atoms with Gasteiger partial charge in [-0.15, -0.1) is 0 Å². The van der Waals surface area contributed by atoms with Gasteiger partial charge in [0.05, 0.1) is 44.1 Å². The van der Waals surface area contributed by atoms with Crippen LogP contribution in [-0.2, 0) is 52.3 Å². The standard InChI is InChI=1S/C54H84O23/c1-10-23(2)45(69)77-42-43(71-24(3)58)54(22-57)26(17-49(42,4)5)25-11-12-30-50(6)15-14-32(51(7,21-56)29(50)13-16-52(30,8)53(25,9)18-31(54)60)73-48-40(75-46-36(64)33(61)27(59)20-70-46)38(66)39(41(76-48)44(67)68)74-47-37(65)35(63)34(62)28(19-55)72-47/h10-11,26-43,46-48,55-57,59-66H,12-22H2,1-9H3,(H,67,68)/t26-,27+,28+,29+,30+,31+,32-,33-,34+,35-,36+,37+,38-,39-,40+,41-,42-,43-,46-,47-,48+,50-,51+,52+,53+,54-/m0/s1. The summed E-state index contributed by atoms with van der Waals surface area (Å²) in [5, 5.41) is 132. The normalized spacial score (nSPS) is 50.7. The van der Waals surface area contributed by atoms with Crippen LogP contribution in [-0.4, -0.2) is 216 Å². The van der Waals surface area contributed by atoms with E-state index in [1.165, 1.54) is 6.92 Å². The van der Waals surface area contributed by atoms with Crippen LogP contribution in [0.3, 0.4) is 0 Å². The molecule has 0 amide bonds. The zero-order valence-corrected chi connectivity index (χ0v) is 45.4. The molecule has 0 spiro atoms. The van der Waals surface area contributed by atoms with Gasteiger partial charge in [-0.2, -0.15) is 0 Å². The van der Waals surface area contributed by atoms with Crippen molar-refractivity contribution in [2.24, 2.45) is 50.2 Å². The molecule has 0 bridgehead atoms. The summed E-state index contributed by atoms with van der Waals surface area (Å²) in [7, 11) is 0. The van der Waals surface area contributed by atoms with Crippen LogP contribution in [0, 0.1) is 50.2 Å². The van der Waals surface area contributed by atoms with Gasteiger partial charge in [0.2, 0.25) is 0 Å². The highest BCUT2D eigenvalue weighted by atomic mass is 16.8. The number of fused-ring (bicyclic) bond motifs is 7. The monoisotopic (exact) mass is 1100 g/mol. The van der Waals surface area contributed by atoms with E-state index >= 15 is 0 Å². The Hall–Kier alpha value is -2.79. The number of aliphatic carboxylic acids is 1. The van der Waals surface area contributed by atoms with Crippen LogP contribution in [0.25, 0.3) is 0 Å². The number of ether oxygens (including phenoxy) is 8. The summed E-state index contributed by atoms with van der Waals surface area (Å²) < 4.78 is 48.0. The third-order valence-electron chi connectivity index (χ3n) is 20.7. The molecular formula is C54H84O23. The Kier molecular flexibility index (Phi) is 17.1. The molecule has 0 aromatic carbocycles. The first-order valence-electron chi connectivity index (χ1n) is 27.1. The minimum absolute atomic E-state index is 0.0613. The van der Waals surface area contributed by atoms with Gasteiger partial charge >= 0.3 is 17.9 Å². The zero-order chi connectivity index (χ0) is 56.9. The predicted octanol–water partition coefficient (Wildman–Crippen LogP) is -0.682. The van der Waals surface area contributed by atoms with Crippen molar-refractivity contribution in [3.05, 3.63) is 23.3 Å². The number of allylic oxidation sites excluding steroid dienone is 3. The van der Waals surface area contributed by atoms with Crippen molar-refractivity contribution in [1.29, 1.82) is 0 Å². The van der Waals surface area contributed by atoms with E-state index in [4.69, 9.17) is 37.9 Å². The molecule has 5 aliphatic carbocycles. The number of esters is 2. The predicted molar refractivity (Wildman–Crippen MR) is 263 cm³/mol. The number of carboxylic acid groups (broad SMARTS) is 1. The molecule has 0 aromatic rings. The Bertz CT molecular complexity index is 2240. The minimum atomic E-state index is -2.11. The molecule has 4 saturated carbocycles. The van der Waals surface area contributed by atoms with Crippen LogP contribution in [0.4, 0.5) is 0 Å². The smallest absolute Gasteiger partial charge is 0.335 e. The summed E-state index contributed by atoms with van der Waals surface area (Å²) in [6.07, 6.45) is -23.5. The lowest BCUT2D eigenvalue weighted by molar-refractivity contribution is -0.387. The zero-order valence-electron chi connectivity index (χ0n) is 45.4. The lowest BCUT2D eigenvalue weighted by Gasteiger charge is -2.72. The fourth-order valence-corrected chi connectivity index (χ4v) is 16.0.